The maximum atomic E-state index is 4.68. The van der Waals surface area contributed by atoms with Crippen molar-refractivity contribution in [3.05, 3.63) is 66.2 Å². The van der Waals surface area contributed by atoms with Crippen molar-refractivity contribution in [2.24, 2.45) is 0 Å². The lowest BCUT2D eigenvalue weighted by Gasteiger charge is -2.00. The molecule has 1 heterocycles. The van der Waals surface area contributed by atoms with Crippen molar-refractivity contribution in [2.45, 2.75) is 6.92 Å². The minimum absolute atomic E-state index is 0.927. The quantitative estimate of drug-likeness (QED) is 0.527. The second-order valence-corrected chi connectivity index (χ2v) is 5.17. The van der Waals surface area contributed by atoms with E-state index in [1.807, 2.05) is 0 Å². The highest BCUT2D eigenvalue weighted by Gasteiger charge is 2.06. The van der Waals surface area contributed by atoms with Crippen LogP contribution in [0, 0.1) is 6.92 Å². The number of rotatable bonds is 1. The number of aromatic amines is 1. The van der Waals surface area contributed by atoms with Gasteiger partial charge in [0.1, 0.15) is 5.82 Å². The van der Waals surface area contributed by atoms with Gasteiger partial charge in [-0.3, -0.25) is 0 Å². The molecule has 2 nitrogen and oxygen atoms in total. The first-order chi connectivity index (χ1) is 9.79. The fraction of sp³-hybridized carbons (Fsp3) is 0.0556. The summed E-state index contributed by atoms with van der Waals surface area (Å²) in [5.74, 6) is 0.927. The number of nitrogens with one attached hydrogen (secondary N) is 1. The molecule has 2 heteroatoms. The maximum absolute atomic E-state index is 4.68. The van der Waals surface area contributed by atoms with Crippen LogP contribution in [0.4, 0.5) is 0 Å². The van der Waals surface area contributed by atoms with E-state index in [1.54, 1.807) is 0 Å². The van der Waals surface area contributed by atoms with E-state index >= 15 is 0 Å². The van der Waals surface area contributed by atoms with E-state index in [0.29, 0.717) is 0 Å². The summed E-state index contributed by atoms with van der Waals surface area (Å²) in [5.41, 5.74) is 4.47. The number of H-pyrrole nitrogens is 1. The first-order valence-corrected chi connectivity index (χ1v) is 6.75. The smallest absolute Gasteiger partial charge is 0.138 e. The molecule has 0 radical (unpaired) electrons. The van der Waals surface area contributed by atoms with Crippen molar-refractivity contribution in [3.8, 4) is 11.4 Å². The van der Waals surface area contributed by atoms with Gasteiger partial charge in [0.05, 0.1) is 11.0 Å². The van der Waals surface area contributed by atoms with E-state index in [1.165, 1.54) is 16.3 Å². The topological polar surface area (TPSA) is 28.7 Å². The molecule has 0 saturated heterocycles. The van der Waals surface area contributed by atoms with Gasteiger partial charge in [0.25, 0.3) is 0 Å². The number of fused-ring (bicyclic) bond motifs is 2. The molecule has 0 amide bonds. The Hall–Kier alpha value is -2.61. The molecule has 1 aromatic heterocycles. The third-order valence-corrected chi connectivity index (χ3v) is 3.66. The number of aromatic nitrogens is 2. The summed E-state index contributed by atoms with van der Waals surface area (Å²) in [6.07, 6.45) is 0. The van der Waals surface area contributed by atoms with Crippen molar-refractivity contribution < 1.29 is 0 Å². The second kappa shape index (κ2) is 4.20. The van der Waals surface area contributed by atoms with Crippen LogP contribution in [-0.4, -0.2) is 9.97 Å². The SMILES string of the molecule is Cc1ccc2nc(-c3ccc4ccccc4c3)[nH]c2c1. The van der Waals surface area contributed by atoms with E-state index in [0.717, 1.165) is 22.4 Å². The summed E-state index contributed by atoms with van der Waals surface area (Å²) in [6.45, 7) is 2.09. The third kappa shape index (κ3) is 1.77. The summed E-state index contributed by atoms with van der Waals surface area (Å²) in [4.78, 5) is 8.08. The number of hydrogen-bond acceptors (Lipinski definition) is 1. The Morgan fingerprint density at radius 3 is 2.60 bits per heavy atom. The number of nitrogens with zero attached hydrogens (tertiary/aromatic N) is 1. The zero-order valence-corrected chi connectivity index (χ0v) is 11.2. The highest BCUT2D eigenvalue weighted by atomic mass is 14.9. The zero-order valence-electron chi connectivity index (χ0n) is 11.2. The van der Waals surface area contributed by atoms with E-state index in [-0.39, 0.29) is 0 Å². The first-order valence-electron chi connectivity index (χ1n) is 6.75. The van der Waals surface area contributed by atoms with E-state index in [4.69, 9.17) is 0 Å². The van der Waals surface area contributed by atoms with Crippen molar-refractivity contribution in [3.63, 3.8) is 0 Å². The Morgan fingerprint density at radius 1 is 0.850 bits per heavy atom. The maximum Gasteiger partial charge on any atom is 0.138 e. The molecule has 4 rings (SSSR count). The third-order valence-electron chi connectivity index (χ3n) is 3.66. The molecule has 0 saturated carbocycles. The van der Waals surface area contributed by atoms with Crippen LogP contribution in [-0.2, 0) is 0 Å². The van der Waals surface area contributed by atoms with Gasteiger partial charge in [-0.2, -0.15) is 0 Å². The van der Waals surface area contributed by atoms with Gasteiger partial charge in [0, 0.05) is 5.56 Å². The van der Waals surface area contributed by atoms with E-state index in [2.05, 4.69) is 77.6 Å². The number of hydrogen-bond donors (Lipinski definition) is 1. The number of benzene rings is 3. The molecule has 0 aliphatic heterocycles. The van der Waals surface area contributed by atoms with Crippen LogP contribution in [0.5, 0.6) is 0 Å². The second-order valence-electron chi connectivity index (χ2n) is 5.17. The Labute approximate surface area is 117 Å². The summed E-state index contributed by atoms with van der Waals surface area (Å²) in [6, 6.07) is 21.1. The zero-order chi connectivity index (χ0) is 13.5. The monoisotopic (exact) mass is 258 g/mol. The fourth-order valence-corrected chi connectivity index (χ4v) is 2.60. The molecule has 0 bridgehead atoms. The normalized spacial score (nSPS) is 11.2. The predicted octanol–water partition coefficient (Wildman–Crippen LogP) is 4.69. The molecule has 3 aromatic carbocycles. The van der Waals surface area contributed by atoms with Gasteiger partial charge in [-0.25, -0.2) is 4.98 Å². The lowest BCUT2D eigenvalue weighted by molar-refractivity contribution is 1.34. The van der Waals surface area contributed by atoms with Crippen LogP contribution < -0.4 is 0 Å². The molecule has 0 aliphatic carbocycles. The molecule has 0 atom stereocenters. The molecular weight excluding hydrogens is 244 g/mol. The number of aryl methyl sites for hydroxylation is 1. The molecule has 20 heavy (non-hydrogen) atoms. The van der Waals surface area contributed by atoms with Gasteiger partial charge >= 0.3 is 0 Å². The Bertz CT molecular complexity index is 919. The molecular formula is C18H14N2. The highest BCUT2D eigenvalue weighted by Crippen LogP contribution is 2.24. The minimum atomic E-state index is 0.927. The van der Waals surface area contributed by atoms with Gasteiger partial charge in [-0.1, -0.05) is 42.5 Å². The van der Waals surface area contributed by atoms with Crippen molar-refractivity contribution in [1.29, 1.82) is 0 Å². The van der Waals surface area contributed by atoms with Gasteiger partial charge in [0.2, 0.25) is 0 Å². The van der Waals surface area contributed by atoms with E-state index < -0.39 is 0 Å². The molecule has 4 aromatic rings. The largest absolute Gasteiger partial charge is 0.338 e. The molecule has 0 fully saturated rings. The lowest BCUT2D eigenvalue weighted by Crippen LogP contribution is -1.80. The van der Waals surface area contributed by atoms with Gasteiger partial charge in [0.15, 0.2) is 0 Å². The van der Waals surface area contributed by atoms with Crippen LogP contribution >= 0.6 is 0 Å². The van der Waals surface area contributed by atoms with Gasteiger partial charge < -0.3 is 4.98 Å². The van der Waals surface area contributed by atoms with E-state index in [9.17, 15) is 0 Å². The van der Waals surface area contributed by atoms with Crippen LogP contribution in [0.15, 0.2) is 60.7 Å². The molecule has 96 valence electrons. The Morgan fingerprint density at radius 2 is 1.70 bits per heavy atom. The van der Waals surface area contributed by atoms with Crippen molar-refractivity contribution >= 4 is 21.8 Å². The Balaban J connectivity index is 1.91. The summed E-state index contributed by atoms with van der Waals surface area (Å²) >= 11 is 0. The predicted molar refractivity (Wildman–Crippen MR) is 83.8 cm³/mol. The summed E-state index contributed by atoms with van der Waals surface area (Å²) in [5, 5.41) is 2.49. The highest BCUT2D eigenvalue weighted by molar-refractivity contribution is 5.88. The molecule has 0 aliphatic rings. The van der Waals surface area contributed by atoms with Gasteiger partial charge in [-0.05, 0) is 41.5 Å². The van der Waals surface area contributed by atoms with Crippen LogP contribution in [0.25, 0.3) is 33.2 Å². The summed E-state index contributed by atoms with van der Waals surface area (Å²) < 4.78 is 0. The van der Waals surface area contributed by atoms with Crippen molar-refractivity contribution in [2.75, 3.05) is 0 Å². The number of imidazole rings is 1. The standard InChI is InChI=1S/C18H14N2/c1-12-6-9-16-17(10-12)20-18(19-16)15-8-7-13-4-2-3-5-14(13)11-15/h2-11H,1H3,(H,19,20). The lowest BCUT2D eigenvalue weighted by atomic mass is 10.1. The first kappa shape index (κ1) is 11.2. The molecule has 1 N–H and O–H groups in total. The van der Waals surface area contributed by atoms with Crippen molar-refractivity contribution in [1.82, 2.24) is 9.97 Å². The van der Waals surface area contributed by atoms with Crippen LogP contribution in [0.1, 0.15) is 5.56 Å². The fourth-order valence-electron chi connectivity index (χ4n) is 2.60. The summed E-state index contributed by atoms with van der Waals surface area (Å²) in [7, 11) is 0. The van der Waals surface area contributed by atoms with Crippen LogP contribution in [0.2, 0.25) is 0 Å². The van der Waals surface area contributed by atoms with Crippen LogP contribution in [0.3, 0.4) is 0 Å². The minimum Gasteiger partial charge on any atom is -0.338 e. The Kier molecular flexibility index (Phi) is 2.36. The molecule has 0 spiro atoms. The average molecular weight is 258 g/mol. The average Bonchev–Trinajstić information content (AvgIpc) is 2.89. The van der Waals surface area contributed by atoms with Gasteiger partial charge in [-0.15, -0.1) is 0 Å². The molecule has 0 unspecified atom stereocenters.